The molecule has 0 aliphatic heterocycles. The van der Waals surface area contributed by atoms with Crippen LogP contribution in [0.3, 0.4) is 0 Å². The molecule has 0 radical (unpaired) electrons. The Hall–Kier alpha value is -0.530. The Bertz CT molecular complexity index is 164. The Morgan fingerprint density at radius 1 is 1.13 bits per heavy atom. The van der Waals surface area contributed by atoms with Gasteiger partial charge in [-0.1, -0.05) is 33.6 Å². The van der Waals surface area contributed by atoms with Crippen LogP contribution in [-0.2, 0) is 4.79 Å². The molecule has 1 amide bonds. The molecule has 0 rings (SSSR count). The van der Waals surface area contributed by atoms with E-state index in [0.29, 0.717) is 5.91 Å². The normalized spacial score (nSPS) is 10.7. The molecule has 0 spiro atoms. The molecule has 0 aromatic carbocycles. The molecule has 2 nitrogen and oxygen atoms in total. The summed E-state index contributed by atoms with van der Waals surface area (Å²) >= 11 is 0. The van der Waals surface area contributed by atoms with Crippen molar-refractivity contribution in [3.05, 3.63) is 0 Å². The van der Waals surface area contributed by atoms with Crippen molar-refractivity contribution in [2.24, 2.45) is 5.92 Å². The minimum atomic E-state index is 0.339. The number of hydrogen-bond donors (Lipinski definition) is 0. The summed E-state index contributed by atoms with van der Waals surface area (Å²) in [7, 11) is 0. The van der Waals surface area contributed by atoms with Crippen LogP contribution in [0.15, 0.2) is 0 Å². The van der Waals surface area contributed by atoms with Gasteiger partial charge in [0, 0.05) is 19.5 Å². The third-order valence-corrected chi connectivity index (χ3v) is 3.15. The monoisotopic (exact) mass is 213 g/mol. The third kappa shape index (κ3) is 5.81. The number of carbonyl (C=O) groups excluding carboxylic acids is 1. The van der Waals surface area contributed by atoms with Gasteiger partial charge in [0.25, 0.3) is 0 Å². The van der Waals surface area contributed by atoms with Crippen LogP contribution in [0.25, 0.3) is 0 Å². The molecule has 0 bridgehead atoms. The highest BCUT2D eigenvalue weighted by Gasteiger charge is 2.12. The maximum absolute atomic E-state index is 11.8. The van der Waals surface area contributed by atoms with Gasteiger partial charge >= 0.3 is 0 Å². The molecular weight excluding hydrogens is 186 g/mol. The van der Waals surface area contributed by atoms with Crippen molar-refractivity contribution >= 4 is 5.91 Å². The van der Waals surface area contributed by atoms with Gasteiger partial charge in [-0.25, -0.2) is 0 Å². The molecule has 0 aliphatic rings. The highest BCUT2D eigenvalue weighted by atomic mass is 16.2. The molecular formula is C13H27NO. The first kappa shape index (κ1) is 14.5. The van der Waals surface area contributed by atoms with E-state index in [1.165, 1.54) is 12.8 Å². The van der Waals surface area contributed by atoms with Crippen LogP contribution >= 0.6 is 0 Å². The smallest absolute Gasteiger partial charge is 0.222 e. The second kappa shape index (κ2) is 8.75. The zero-order valence-electron chi connectivity index (χ0n) is 10.9. The quantitative estimate of drug-likeness (QED) is 0.604. The van der Waals surface area contributed by atoms with E-state index in [0.717, 1.165) is 38.3 Å². The molecule has 0 atom stereocenters. The summed E-state index contributed by atoms with van der Waals surface area (Å²) in [5.74, 6) is 1.07. The third-order valence-electron chi connectivity index (χ3n) is 3.15. The second-order valence-electron chi connectivity index (χ2n) is 4.19. The van der Waals surface area contributed by atoms with Gasteiger partial charge in [0.15, 0.2) is 0 Å². The Morgan fingerprint density at radius 2 is 1.73 bits per heavy atom. The lowest BCUT2D eigenvalue weighted by Gasteiger charge is -2.21. The van der Waals surface area contributed by atoms with Gasteiger partial charge in [-0.05, 0) is 25.7 Å². The van der Waals surface area contributed by atoms with E-state index < -0.39 is 0 Å². The van der Waals surface area contributed by atoms with E-state index in [-0.39, 0.29) is 0 Å². The van der Waals surface area contributed by atoms with Gasteiger partial charge in [-0.15, -0.1) is 0 Å². The molecule has 2 heteroatoms. The summed E-state index contributed by atoms with van der Waals surface area (Å²) in [5, 5.41) is 0. The highest BCUT2D eigenvalue weighted by Crippen LogP contribution is 2.15. The number of amides is 1. The van der Waals surface area contributed by atoms with Crippen molar-refractivity contribution in [3.8, 4) is 0 Å². The highest BCUT2D eigenvalue weighted by molar-refractivity contribution is 5.76. The van der Waals surface area contributed by atoms with Crippen molar-refractivity contribution in [1.29, 1.82) is 0 Å². The summed E-state index contributed by atoms with van der Waals surface area (Å²) in [4.78, 5) is 13.8. The zero-order valence-corrected chi connectivity index (χ0v) is 10.9. The predicted molar refractivity (Wildman–Crippen MR) is 65.9 cm³/mol. The molecule has 0 fully saturated rings. The molecule has 0 N–H and O–H groups in total. The Balaban J connectivity index is 3.88. The topological polar surface area (TPSA) is 20.3 Å². The second-order valence-corrected chi connectivity index (χ2v) is 4.19. The first-order chi connectivity index (χ1) is 7.19. The predicted octanol–water partition coefficient (Wildman–Crippen LogP) is 3.46. The summed E-state index contributed by atoms with van der Waals surface area (Å²) in [5.41, 5.74) is 0. The summed E-state index contributed by atoms with van der Waals surface area (Å²) in [6.45, 7) is 10.4. The fourth-order valence-electron chi connectivity index (χ4n) is 1.91. The maximum Gasteiger partial charge on any atom is 0.222 e. The van der Waals surface area contributed by atoms with E-state index >= 15 is 0 Å². The van der Waals surface area contributed by atoms with E-state index in [2.05, 4.69) is 27.7 Å². The van der Waals surface area contributed by atoms with Crippen molar-refractivity contribution < 1.29 is 4.79 Å². The molecule has 0 saturated heterocycles. The number of hydrogen-bond acceptors (Lipinski definition) is 1. The zero-order chi connectivity index (χ0) is 11.7. The lowest BCUT2D eigenvalue weighted by molar-refractivity contribution is -0.131. The van der Waals surface area contributed by atoms with Gasteiger partial charge in [0.2, 0.25) is 5.91 Å². The van der Waals surface area contributed by atoms with Gasteiger partial charge in [-0.2, -0.15) is 0 Å². The van der Waals surface area contributed by atoms with Crippen LogP contribution < -0.4 is 0 Å². The Labute approximate surface area is 95.0 Å². The molecule has 0 heterocycles. The standard InChI is InChI=1S/C13H27NO/c1-5-11-14(8-4)13(15)10-9-12(6-2)7-3/h12H,5-11H2,1-4H3. The van der Waals surface area contributed by atoms with Crippen LogP contribution in [0, 0.1) is 5.92 Å². The first-order valence-electron chi connectivity index (χ1n) is 6.47. The number of nitrogens with zero attached hydrogens (tertiary/aromatic N) is 1. The van der Waals surface area contributed by atoms with Crippen LogP contribution in [0.2, 0.25) is 0 Å². The molecule has 90 valence electrons. The van der Waals surface area contributed by atoms with Crippen molar-refractivity contribution in [3.63, 3.8) is 0 Å². The molecule has 0 aromatic rings. The summed E-state index contributed by atoms with van der Waals surface area (Å²) in [6, 6.07) is 0. The minimum absolute atomic E-state index is 0.339. The number of rotatable bonds is 8. The molecule has 0 aliphatic carbocycles. The molecule has 0 saturated carbocycles. The van der Waals surface area contributed by atoms with Crippen LogP contribution in [0.4, 0.5) is 0 Å². The van der Waals surface area contributed by atoms with Gasteiger partial charge in [0.05, 0.1) is 0 Å². The average Bonchev–Trinajstić information content (AvgIpc) is 2.26. The SMILES string of the molecule is CCCN(CC)C(=O)CCC(CC)CC. The summed E-state index contributed by atoms with van der Waals surface area (Å²) in [6.07, 6.45) is 5.25. The summed E-state index contributed by atoms with van der Waals surface area (Å²) < 4.78 is 0. The van der Waals surface area contributed by atoms with Crippen LogP contribution in [-0.4, -0.2) is 23.9 Å². The minimum Gasteiger partial charge on any atom is -0.343 e. The van der Waals surface area contributed by atoms with Crippen LogP contribution in [0.5, 0.6) is 0 Å². The first-order valence-corrected chi connectivity index (χ1v) is 6.47. The van der Waals surface area contributed by atoms with Crippen molar-refractivity contribution in [2.75, 3.05) is 13.1 Å². The average molecular weight is 213 g/mol. The van der Waals surface area contributed by atoms with Gasteiger partial charge in [-0.3, -0.25) is 4.79 Å². The number of carbonyl (C=O) groups is 1. The van der Waals surface area contributed by atoms with E-state index in [1.54, 1.807) is 0 Å². The van der Waals surface area contributed by atoms with E-state index in [4.69, 9.17) is 0 Å². The Morgan fingerprint density at radius 3 is 2.13 bits per heavy atom. The van der Waals surface area contributed by atoms with Crippen molar-refractivity contribution in [1.82, 2.24) is 4.90 Å². The lowest BCUT2D eigenvalue weighted by atomic mass is 9.97. The van der Waals surface area contributed by atoms with Crippen LogP contribution in [0.1, 0.15) is 59.8 Å². The largest absolute Gasteiger partial charge is 0.343 e. The van der Waals surface area contributed by atoms with Crippen molar-refractivity contribution in [2.45, 2.75) is 59.8 Å². The lowest BCUT2D eigenvalue weighted by Crippen LogP contribution is -2.31. The Kier molecular flexibility index (Phi) is 8.44. The fraction of sp³-hybridized carbons (Fsp3) is 0.923. The molecule has 0 unspecified atom stereocenters. The van der Waals surface area contributed by atoms with E-state index in [1.807, 2.05) is 4.90 Å². The fourth-order valence-corrected chi connectivity index (χ4v) is 1.91. The van der Waals surface area contributed by atoms with E-state index in [9.17, 15) is 4.79 Å². The molecule has 0 aromatic heterocycles. The van der Waals surface area contributed by atoms with Gasteiger partial charge in [0.1, 0.15) is 0 Å². The van der Waals surface area contributed by atoms with Gasteiger partial charge < -0.3 is 4.90 Å². The maximum atomic E-state index is 11.8. The molecule has 15 heavy (non-hydrogen) atoms.